The number of rotatable bonds is 3. The predicted octanol–water partition coefficient (Wildman–Crippen LogP) is -0.829. The van der Waals surface area contributed by atoms with Crippen LogP contribution in [0.4, 0.5) is 0 Å². The van der Waals surface area contributed by atoms with E-state index in [-0.39, 0.29) is 0 Å². The van der Waals surface area contributed by atoms with E-state index >= 15 is 0 Å². The topological polar surface area (TPSA) is 104 Å². The summed E-state index contributed by atoms with van der Waals surface area (Å²) in [7, 11) is 0. The summed E-state index contributed by atoms with van der Waals surface area (Å²) in [5, 5.41) is 25.9. The highest BCUT2D eigenvalue weighted by Gasteiger charge is 2.28. The molecular weight excluding hydrogens is 162 g/mol. The lowest BCUT2D eigenvalue weighted by Gasteiger charge is -2.15. The number of carboxylic acids is 1. The number of hydrogen-bond donors (Lipinski definition) is 4. The van der Waals surface area contributed by atoms with Gasteiger partial charge in [-0.25, -0.2) is 4.79 Å². The summed E-state index contributed by atoms with van der Waals surface area (Å²) < 4.78 is 0. The number of carbonyl (C=O) groups is 1. The van der Waals surface area contributed by atoms with Gasteiger partial charge in [0.2, 0.25) is 0 Å². The molecule has 5 N–H and O–H groups in total. The molecular formula is C7H11NO4. The molecule has 0 bridgehead atoms. The van der Waals surface area contributed by atoms with E-state index in [1.807, 2.05) is 0 Å². The summed E-state index contributed by atoms with van der Waals surface area (Å²) in [6.07, 6.45) is 3.90. The molecule has 0 aromatic rings. The van der Waals surface area contributed by atoms with Crippen molar-refractivity contribution in [2.75, 3.05) is 0 Å². The molecule has 0 aliphatic carbocycles. The van der Waals surface area contributed by atoms with Crippen molar-refractivity contribution in [1.82, 2.24) is 0 Å². The first-order chi connectivity index (χ1) is 5.39. The van der Waals surface area contributed by atoms with Crippen LogP contribution in [0.15, 0.2) is 23.8 Å². The van der Waals surface area contributed by atoms with Crippen LogP contribution in [0.25, 0.3) is 0 Å². The number of allylic oxidation sites excluding steroid dienone is 3. The fourth-order valence-electron chi connectivity index (χ4n) is 0.544. The SMILES string of the molecule is CC=CC=C(C(=O)O)C(N)(O)O. The van der Waals surface area contributed by atoms with E-state index in [1.54, 1.807) is 6.92 Å². The Morgan fingerprint density at radius 1 is 1.50 bits per heavy atom. The number of hydrogen-bond acceptors (Lipinski definition) is 4. The van der Waals surface area contributed by atoms with Crippen LogP contribution in [0.5, 0.6) is 0 Å². The van der Waals surface area contributed by atoms with Gasteiger partial charge in [-0.2, -0.15) is 0 Å². The second-order valence-corrected chi connectivity index (χ2v) is 2.14. The minimum Gasteiger partial charge on any atom is -0.478 e. The number of aliphatic carboxylic acids is 1. The number of aliphatic hydroxyl groups is 2. The van der Waals surface area contributed by atoms with E-state index in [0.717, 1.165) is 6.08 Å². The Kier molecular flexibility index (Phi) is 3.62. The predicted molar refractivity (Wildman–Crippen MR) is 41.9 cm³/mol. The smallest absolute Gasteiger partial charge is 0.338 e. The molecule has 0 spiro atoms. The standard InChI is InChI=1S/C7H11NO4/c1-2-3-4-5(6(9)10)7(8,11)12/h2-4,11-12H,8H2,1H3,(H,9,10). The van der Waals surface area contributed by atoms with E-state index in [2.05, 4.69) is 0 Å². The summed E-state index contributed by atoms with van der Waals surface area (Å²) in [5.41, 5.74) is 4.07. The van der Waals surface area contributed by atoms with Crippen molar-refractivity contribution in [1.29, 1.82) is 0 Å². The Morgan fingerprint density at radius 3 is 2.25 bits per heavy atom. The van der Waals surface area contributed by atoms with Crippen LogP contribution in [0, 0.1) is 0 Å². The van der Waals surface area contributed by atoms with Gasteiger partial charge >= 0.3 is 5.97 Å². The van der Waals surface area contributed by atoms with Crippen LogP contribution in [0.2, 0.25) is 0 Å². The zero-order valence-corrected chi connectivity index (χ0v) is 6.56. The minimum absolute atomic E-state index is 0.680. The van der Waals surface area contributed by atoms with Crippen molar-refractivity contribution in [2.45, 2.75) is 12.8 Å². The van der Waals surface area contributed by atoms with Crippen LogP contribution >= 0.6 is 0 Å². The molecule has 0 aromatic heterocycles. The number of nitrogens with two attached hydrogens (primary N) is 1. The minimum atomic E-state index is -2.80. The van der Waals surface area contributed by atoms with Gasteiger partial charge in [0, 0.05) is 0 Å². The summed E-state index contributed by atoms with van der Waals surface area (Å²) in [4.78, 5) is 10.3. The first-order valence-electron chi connectivity index (χ1n) is 3.20. The maximum absolute atomic E-state index is 10.3. The second kappa shape index (κ2) is 4.01. The highest BCUT2D eigenvalue weighted by atomic mass is 16.5. The third-order valence-electron chi connectivity index (χ3n) is 1.08. The van der Waals surface area contributed by atoms with E-state index in [0.29, 0.717) is 0 Å². The monoisotopic (exact) mass is 173 g/mol. The molecule has 0 fully saturated rings. The van der Waals surface area contributed by atoms with Gasteiger partial charge in [-0.3, -0.25) is 5.73 Å². The molecule has 0 aliphatic heterocycles. The van der Waals surface area contributed by atoms with Gasteiger partial charge in [-0.05, 0) is 13.0 Å². The van der Waals surface area contributed by atoms with E-state index in [9.17, 15) is 4.79 Å². The highest BCUT2D eigenvalue weighted by Crippen LogP contribution is 2.07. The van der Waals surface area contributed by atoms with E-state index < -0.39 is 17.5 Å². The normalized spacial score (nSPS) is 13.8. The van der Waals surface area contributed by atoms with Gasteiger partial charge in [-0.15, -0.1) is 0 Å². The lowest BCUT2D eigenvalue weighted by molar-refractivity contribution is -0.151. The first-order valence-corrected chi connectivity index (χ1v) is 3.20. The van der Waals surface area contributed by atoms with Crippen LogP contribution < -0.4 is 5.73 Å². The summed E-state index contributed by atoms with van der Waals surface area (Å²) in [6, 6.07) is 0. The Morgan fingerprint density at radius 2 is 2.00 bits per heavy atom. The van der Waals surface area contributed by atoms with Gasteiger partial charge in [-0.1, -0.05) is 12.2 Å². The van der Waals surface area contributed by atoms with Crippen molar-refractivity contribution in [3.05, 3.63) is 23.8 Å². The molecule has 0 aromatic carbocycles. The molecule has 0 heterocycles. The summed E-state index contributed by atoms with van der Waals surface area (Å²) in [6.45, 7) is 1.66. The fraction of sp³-hybridized carbons (Fsp3) is 0.286. The molecule has 5 heteroatoms. The molecule has 0 radical (unpaired) electrons. The van der Waals surface area contributed by atoms with Gasteiger partial charge in [0.25, 0.3) is 5.91 Å². The summed E-state index contributed by atoms with van der Waals surface area (Å²) >= 11 is 0. The van der Waals surface area contributed by atoms with Crippen molar-refractivity contribution >= 4 is 5.97 Å². The molecule has 0 unspecified atom stereocenters. The Bertz CT molecular complexity index is 224. The molecule has 5 nitrogen and oxygen atoms in total. The highest BCUT2D eigenvalue weighted by molar-refractivity contribution is 5.88. The molecule has 0 saturated carbocycles. The quantitative estimate of drug-likeness (QED) is 0.253. The second-order valence-electron chi connectivity index (χ2n) is 2.14. The molecule has 0 aliphatic rings. The van der Waals surface area contributed by atoms with Crippen molar-refractivity contribution in [2.24, 2.45) is 5.73 Å². The van der Waals surface area contributed by atoms with E-state index in [4.69, 9.17) is 21.1 Å². The molecule has 0 saturated heterocycles. The fourth-order valence-corrected chi connectivity index (χ4v) is 0.544. The average Bonchev–Trinajstić information content (AvgIpc) is 1.84. The molecule has 12 heavy (non-hydrogen) atoms. The third-order valence-corrected chi connectivity index (χ3v) is 1.08. The van der Waals surface area contributed by atoms with Gasteiger partial charge < -0.3 is 15.3 Å². The van der Waals surface area contributed by atoms with Gasteiger partial charge in [0.05, 0.1) is 0 Å². The van der Waals surface area contributed by atoms with Crippen LogP contribution in [-0.4, -0.2) is 27.2 Å². The molecule has 68 valence electrons. The van der Waals surface area contributed by atoms with Crippen LogP contribution in [0.1, 0.15) is 6.92 Å². The maximum atomic E-state index is 10.3. The number of carboxylic acid groups (broad SMARTS) is 1. The van der Waals surface area contributed by atoms with Gasteiger partial charge in [0.1, 0.15) is 5.57 Å². The molecule has 0 amide bonds. The summed E-state index contributed by atoms with van der Waals surface area (Å²) in [5.74, 6) is -4.27. The first kappa shape index (κ1) is 10.8. The van der Waals surface area contributed by atoms with Crippen molar-refractivity contribution in [3.8, 4) is 0 Å². The van der Waals surface area contributed by atoms with Crippen molar-refractivity contribution < 1.29 is 20.1 Å². The van der Waals surface area contributed by atoms with Crippen LogP contribution in [0.3, 0.4) is 0 Å². The molecule has 0 rings (SSSR count). The van der Waals surface area contributed by atoms with Crippen molar-refractivity contribution in [3.63, 3.8) is 0 Å². The Labute approximate surface area is 69.4 Å². The average molecular weight is 173 g/mol. The molecule has 0 atom stereocenters. The Hall–Kier alpha value is -1.17. The van der Waals surface area contributed by atoms with Crippen LogP contribution in [-0.2, 0) is 4.79 Å². The van der Waals surface area contributed by atoms with Gasteiger partial charge in [0.15, 0.2) is 0 Å². The third kappa shape index (κ3) is 3.29. The maximum Gasteiger partial charge on any atom is 0.338 e. The Balaban J connectivity index is 4.80. The zero-order valence-electron chi connectivity index (χ0n) is 6.56. The lowest BCUT2D eigenvalue weighted by atomic mass is 10.2. The largest absolute Gasteiger partial charge is 0.478 e. The zero-order chi connectivity index (χ0) is 9.78. The van der Waals surface area contributed by atoms with E-state index in [1.165, 1.54) is 12.2 Å². The lowest BCUT2D eigenvalue weighted by Crippen LogP contribution is -2.43.